The van der Waals surface area contributed by atoms with E-state index in [4.69, 9.17) is 4.74 Å². The van der Waals surface area contributed by atoms with Crippen LogP contribution in [0.15, 0.2) is 48.9 Å². The summed E-state index contributed by atoms with van der Waals surface area (Å²) in [6, 6.07) is 8.10. The van der Waals surface area contributed by atoms with Gasteiger partial charge in [0, 0.05) is 36.3 Å². The lowest BCUT2D eigenvalue weighted by atomic mass is 10.2. The summed E-state index contributed by atoms with van der Waals surface area (Å²) in [5.41, 5.74) is 1.03. The molecule has 0 aliphatic rings. The Morgan fingerprint density at radius 1 is 1.16 bits per heavy atom. The molecule has 4 heterocycles. The second-order valence-corrected chi connectivity index (χ2v) is 7.94. The smallest absolute Gasteiger partial charge is 0.420 e. The van der Waals surface area contributed by atoms with Crippen LogP contribution in [0.5, 0.6) is 0 Å². The summed E-state index contributed by atoms with van der Waals surface area (Å²) >= 11 is 0. The summed E-state index contributed by atoms with van der Waals surface area (Å²) in [5, 5.41) is 13.0. The maximum Gasteiger partial charge on any atom is 0.420 e. The Hall–Kier alpha value is -4.08. The third-order valence-electron chi connectivity index (χ3n) is 4.61. The van der Waals surface area contributed by atoms with Gasteiger partial charge in [-0.2, -0.15) is 0 Å². The molecule has 10 nitrogen and oxygen atoms in total. The van der Waals surface area contributed by atoms with E-state index in [1.807, 2.05) is 23.7 Å². The number of nitro groups is 1. The number of pyridine rings is 3. The van der Waals surface area contributed by atoms with Crippen molar-refractivity contribution in [1.82, 2.24) is 19.5 Å². The van der Waals surface area contributed by atoms with Crippen LogP contribution in [0.4, 0.5) is 22.1 Å². The van der Waals surface area contributed by atoms with E-state index in [-0.39, 0.29) is 17.3 Å². The molecule has 0 saturated carbocycles. The summed E-state index contributed by atoms with van der Waals surface area (Å²) in [4.78, 5) is 37.5. The number of nitrogens with zero attached hydrogens (tertiary/aromatic N) is 6. The van der Waals surface area contributed by atoms with E-state index < -0.39 is 16.6 Å². The zero-order valence-corrected chi connectivity index (χ0v) is 17.4. The van der Waals surface area contributed by atoms with Gasteiger partial charge < -0.3 is 19.4 Å². The molecule has 158 valence electrons. The molecule has 0 saturated heterocycles. The first-order valence-corrected chi connectivity index (χ1v) is 9.48. The molecule has 4 aromatic heterocycles. The number of fused-ring (bicyclic) bond motifs is 3. The van der Waals surface area contributed by atoms with Crippen molar-refractivity contribution in [1.29, 1.82) is 0 Å². The molecule has 0 atom stereocenters. The largest absolute Gasteiger partial charge is 0.443 e. The lowest BCUT2D eigenvalue weighted by Gasteiger charge is -2.26. The Labute approximate surface area is 177 Å². The van der Waals surface area contributed by atoms with E-state index in [2.05, 4.69) is 15.0 Å². The van der Waals surface area contributed by atoms with Crippen molar-refractivity contribution in [2.45, 2.75) is 26.4 Å². The molecule has 4 rings (SSSR count). The standard InChI is InChI=1S/C21H20N6O4/c1-21(2,3)31-20(28)26(13-7-10-23-18(11-13)27(29)30)17-6-5-14-15-12-22-9-8-16(15)25(4)19(14)24-17/h5-12H,1-4H3. The van der Waals surface area contributed by atoms with Gasteiger partial charge in [-0.1, -0.05) is 0 Å². The predicted octanol–water partition coefficient (Wildman–Crippen LogP) is 4.50. The highest BCUT2D eigenvalue weighted by molar-refractivity contribution is 6.07. The number of carbonyl (C=O) groups is 1. The van der Waals surface area contributed by atoms with E-state index in [0.717, 1.165) is 16.3 Å². The van der Waals surface area contributed by atoms with Gasteiger partial charge in [0.25, 0.3) is 0 Å². The molecule has 0 radical (unpaired) electrons. The molecule has 0 N–H and O–H groups in total. The fourth-order valence-electron chi connectivity index (χ4n) is 3.32. The van der Waals surface area contributed by atoms with Gasteiger partial charge in [-0.15, -0.1) is 0 Å². The molecular weight excluding hydrogens is 400 g/mol. The van der Waals surface area contributed by atoms with Crippen LogP contribution < -0.4 is 4.90 Å². The minimum absolute atomic E-state index is 0.225. The van der Waals surface area contributed by atoms with E-state index >= 15 is 0 Å². The van der Waals surface area contributed by atoms with Crippen LogP contribution in [0.1, 0.15) is 20.8 Å². The summed E-state index contributed by atoms with van der Waals surface area (Å²) in [6.45, 7) is 5.23. The van der Waals surface area contributed by atoms with Crippen LogP contribution >= 0.6 is 0 Å². The number of ether oxygens (including phenoxy) is 1. The molecule has 31 heavy (non-hydrogen) atoms. The van der Waals surface area contributed by atoms with Crippen molar-refractivity contribution >= 4 is 45.4 Å². The predicted molar refractivity (Wildman–Crippen MR) is 115 cm³/mol. The van der Waals surface area contributed by atoms with E-state index in [9.17, 15) is 14.9 Å². The highest BCUT2D eigenvalue weighted by atomic mass is 16.6. The van der Waals surface area contributed by atoms with Crippen molar-refractivity contribution in [3.63, 3.8) is 0 Å². The molecule has 0 fully saturated rings. The molecule has 0 unspecified atom stereocenters. The number of aryl methyl sites for hydroxylation is 1. The lowest BCUT2D eigenvalue weighted by Crippen LogP contribution is -2.34. The third-order valence-corrected chi connectivity index (χ3v) is 4.61. The van der Waals surface area contributed by atoms with Crippen molar-refractivity contribution in [3.05, 3.63) is 59.0 Å². The van der Waals surface area contributed by atoms with Gasteiger partial charge in [0.05, 0.1) is 17.3 Å². The van der Waals surface area contributed by atoms with E-state index in [1.165, 1.54) is 23.2 Å². The van der Waals surface area contributed by atoms with Gasteiger partial charge >= 0.3 is 11.9 Å². The number of carbonyl (C=O) groups excluding carboxylic acids is 1. The van der Waals surface area contributed by atoms with Crippen LogP contribution in [-0.4, -0.2) is 36.1 Å². The van der Waals surface area contributed by atoms with E-state index in [1.54, 1.807) is 39.2 Å². The first-order valence-electron chi connectivity index (χ1n) is 9.48. The third kappa shape index (κ3) is 3.75. The van der Waals surface area contributed by atoms with Gasteiger partial charge in [0.2, 0.25) is 0 Å². The Bertz CT molecular complexity index is 1320. The lowest BCUT2D eigenvalue weighted by molar-refractivity contribution is -0.389. The maximum absolute atomic E-state index is 13.1. The molecule has 10 heteroatoms. The number of rotatable bonds is 3. The van der Waals surface area contributed by atoms with E-state index in [0.29, 0.717) is 5.65 Å². The molecule has 4 aromatic rings. The molecular formula is C21H20N6O4. The van der Waals surface area contributed by atoms with Crippen molar-refractivity contribution in [2.75, 3.05) is 4.90 Å². The number of hydrogen-bond donors (Lipinski definition) is 0. The van der Waals surface area contributed by atoms with Crippen LogP contribution in [0.2, 0.25) is 0 Å². The van der Waals surface area contributed by atoms with Crippen LogP contribution in [0.3, 0.4) is 0 Å². The zero-order chi connectivity index (χ0) is 22.3. The fraction of sp³-hybridized carbons (Fsp3) is 0.238. The Balaban J connectivity index is 1.90. The number of aromatic nitrogens is 4. The normalized spacial score (nSPS) is 11.6. The minimum atomic E-state index is -0.774. The number of amides is 1. The Kier molecular flexibility index (Phi) is 4.77. The van der Waals surface area contributed by atoms with Gasteiger partial charge in [-0.25, -0.2) is 14.7 Å². The summed E-state index contributed by atoms with van der Waals surface area (Å²) in [7, 11) is 1.87. The van der Waals surface area contributed by atoms with Crippen LogP contribution in [0, 0.1) is 10.1 Å². The van der Waals surface area contributed by atoms with Crippen LogP contribution in [-0.2, 0) is 11.8 Å². The van der Waals surface area contributed by atoms with Gasteiger partial charge in [-0.3, -0.25) is 4.98 Å². The molecule has 0 aliphatic heterocycles. The Morgan fingerprint density at radius 3 is 2.65 bits per heavy atom. The molecule has 0 bridgehead atoms. The Morgan fingerprint density at radius 2 is 1.94 bits per heavy atom. The highest BCUT2D eigenvalue weighted by Gasteiger charge is 2.28. The number of hydrogen-bond acceptors (Lipinski definition) is 7. The fourth-order valence-corrected chi connectivity index (χ4v) is 3.32. The molecule has 1 amide bonds. The summed E-state index contributed by atoms with van der Waals surface area (Å²) in [6.07, 6.45) is 4.02. The van der Waals surface area contributed by atoms with Gasteiger partial charge in [-0.05, 0) is 48.9 Å². The summed E-state index contributed by atoms with van der Waals surface area (Å²) in [5.74, 6) is -0.121. The second kappa shape index (κ2) is 7.31. The van der Waals surface area contributed by atoms with Crippen molar-refractivity contribution in [3.8, 4) is 0 Å². The maximum atomic E-state index is 13.1. The van der Waals surface area contributed by atoms with Crippen molar-refractivity contribution < 1.29 is 14.5 Å². The SMILES string of the molecule is Cn1c2ccncc2c2ccc(N(C(=O)OC(C)(C)C)c3ccnc([N+](=O)[O-])c3)nc21. The average molecular weight is 420 g/mol. The van der Waals surface area contributed by atoms with Gasteiger partial charge in [0.1, 0.15) is 23.3 Å². The van der Waals surface area contributed by atoms with Crippen LogP contribution in [0.25, 0.3) is 21.9 Å². The highest BCUT2D eigenvalue weighted by Crippen LogP contribution is 2.32. The number of anilines is 2. The second-order valence-electron chi connectivity index (χ2n) is 7.94. The summed E-state index contributed by atoms with van der Waals surface area (Å²) < 4.78 is 7.45. The minimum Gasteiger partial charge on any atom is -0.443 e. The monoisotopic (exact) mass is 420 g/mol. The average Bonchev–Trinajstić information content (AvgIpc) is 2.99. The molecule has 0 aliphatic carbocycles. The topological polar surface area (TPSA) is 116 Å². The quantitative estimate of drug-likeness (QED) is 0.354. The van der Waals surface area contributed by atoms with Gasteiger partial charge in [0.15, 0.2) is 0 Å². The molecule has 0 spiro atoms. The zero-order valence-electron chi connectivity index (χ0n) is 17.4. The first kappa shape index (κ1) is 20.2. The van der Waals surface area contributed by atoms with Crippen molar-refractivity contribution in [2.24, 2.45) is 7.05 Å². The molecule has 0 aromatic carbocycles. The first-order chi connectivity index (χ1) is 14.7.